The third-order valence-corrected chi connectivity index (χ3v) is 2.98. The molecule has 0 aromatic heterocycles. The lowest BCUT2D eigenvalue weighted by Gasteiger charge is -2.26. The molecule has 0 bridgehead atoms. The summed E-state index contributed by atoms with van der Waals surface area (Å²) in [5.74, 6) is -2.47. The molecule has 0 aliphatic rings. The Hall–Kier alpha value is -1.26. The molecule has 0 unspecified atom stereocenters. The van der Waals surface area contributed by atoms with E-state index in [9.17, 15) is 24.9 Å². The number of nitrogens with one attached hydrogen (secondary N) is 1. The SMILES string of the molecule is CCCC[C@H](NC(=O)[C@@H](O)[C@H](O)[C@H](O)[C@H](O)CO)C(=O)O. The van der Waals surface area contributed by atoms with Gasteiger partial charge in [0.05, 0.1) is 6.61 Å². The second-order valence-corrected chi connectivity index (χ2v) is 4.72. The number of aliphatic hydroxyl groups is 5. The van der Waals surface area contributed by atoms with Crippen LogP contribution in [0.5, 0.6) is 0 Å². The second-order valence-electron chi connectivity index (χ2n) is 4.72. The monoisotopic (exact) mass is 309 g/mol. The van der Waals surface area contributed by atoms with Crippen LogP contribution >= 0.6 is 0 Å². The Morgan fingerprint density at radius 1 is 1.10 bits per heavy atom. The minimum Gasteiger partial charge on any atom is -0.480 e. The molecule has 0 aliphatic heterocycles. The van der Waals surface area contributed by atoms with Crippen LogP contribution in [0.4, 0.5) is 0 Å². The molecule has 0 saturated carbocycles. The summed E-state index contributed by atoms with van der Waals surface area (Å²) in [5, 5.41) is 57.1. The summed E-state index contributed by atoms with van der Waals surface area (Å²) in [5.41, 5.74) is 0. The van der Waals surface area contributed by atoms with Crippen LogP contribution in [0, 0.1) is 0 Å². The van der Waals surface area contributed by atoms with E-state index < -0.39 is 48.9 Å². The fourth-order valence-corrected chi connectivity index (χ4v) is 1.60. The first-order valence-corrected chi connectivity index (χ1v) is 6.62. The molecule has 0 heterocycles. The highest BCUT2D eigenvalue weighted by Crippen LogP contribution is 2.07. The highest BCUT2D eigenvalue weighted by atomic mass is 16.4. The Balaban J connectivity index is 4.64. The number of carbonyl (C=O) groups is 2. The zero-order chi connectivity index (χ0) is 16.6. The Labute approximate surface area is 121 Å². The molecule has 0 spiro atoms. The van der Waals surface area contributed by atoms with Gasteiger partial charge in [0.15, 0.2) is 6.10 Å². The minimum atomic E-state index is -2.13. The fourth-order valence-electron chi connectivity index (χ4n) is 1.60. The van der Waals surface area contributed by atoms with Gasteiger partial charge >= 0.3 is 5.97 Å². The van der Waals surface area contributed by atoms with Gasteiger partial charge in [-0.1, -0.05) is 19.8 Å². The molecule has 124 valence electrons. The maximum Gasteiger partial charge on any atom is 0.326 e. The Bertz CT molecular complexity index is 337. The third kappa shape index (κ3) is 6.36. The van der Waals surface area contributed by atoms with Crippen molar-refractivity contribution in [1.29, 1.82) is 0 Å². The smallest absolute Gasteiger partial charge is 0.326 e. The second kappa shape index (κ2) is 9.64. The van der Waals surface area contributed by atoms with Gasteiger partial charge < -0.3 is 36.0 Å². The van der Waals surface area contributed by atoms with Crippen molar-refractivity contribution in [2.24, 2.45) is 0 Å². The maximum absolute atomic E-state index is 11.6. The van der Waals surface area contributed by atoms with Gasteiger partial charge in [-0.25, -0.2) is 4.79 Å². The van der Waals surface area contributed by atoms with E-state index >= 15 is 0 Å². The Morgan fingerprint density at radius 3 is 2.10 bits per heavy atom. The van der Waals surface area contributed by atoms with Crippen LogP contribution < -0.4 is 5.32 Å². The normalized spacial score (nSPS) is 18.4. The standard InChI is InChI=1S/C12H23NO8/c1-2-3-4-6(12(20)21)13-11(19)10(18)9(17)8(16)7(15)5-14/h6-10,14-18H,2-5H2,1H3,(H,13,19)(H,20,21)/t6-,7+,8+,9+,10-/m0/s1. The molecular weight excluding hydrogens is 286 g/mol. The van der Waals surface area contributed by atoms with Crippen LogP contribution in [-0.2, 0) is 9.59 Å². The number of carboxylic acid groups (broad SMARTS) is 1. The van der Waals surface area contributed by atoms with E-state index in [0.29, 0.717) is 12.8 Å². The number of amides is 1. The lowest BCUT2D eigenvalue weighted by Crippen LogP contribution is -2.54. The van der Waals surface area contributed by atoms with Crippen LogP contribution in [0.3, 0.4) is 0 Å². The summed E-state index contributed by atoms with van der Waals surface area (Å²) < 4.78 is 0. The number of hydrogen-bond acceptors (Lipinski definition) is 7. The molecule has 9 heteroatoms. The number of unbranched alkanes of at least 4 members (excludes halogenated alkanes) is 1. The van der Waals surface area contributed by atoms with Gasteiger partial charge in [-0.2, -0.15) is 0 Å². The first-order chi connectivity index (χ1) is 9.76. The van der Waals surface area contributed by atoms with Crippen molar-refractivity contribution in [3.05, 3.63) is 0 Å². The van der Waals surface area contributed by atoms with Crippen molar-refractivity contribution in [2.75, 3.05) is 6.61 Å². The number of carboxylic acids is 1. The lowest BCUT2D eigenvalue weighted by molar-refractivity contribution is -0.153. The molecule has 0 fully saturated rings. The maximum atomic E-state index is 11.6. The average Bonchev–Trinajstić information content (AvgIpc) is 2.47. The largest absolute Gasteiger partial charge is 0.480 e. The highest BCUT2D eigenvalue weighted by molar-refractivity contribution is 5.86. The highest BCUT2D eigenvalue weighted by Gasteiger charge is 2.35. The molecule has 0 aliphatic carbocycles. The molecule has 7 N–H and O–H groups in total. The molecule has 0 radical (unpaired) electrons. The first-order valence-electron chi connectivity index (χ1n) is 6.62. The van der Waals surface area contributed by atoms with Crippen molar-refractivity contribution in [2.45, 2.75) is 56.6 Å². The molecule has 5 atom stereocenters. The van der Waals surface area contributed by atoms with Gasteiger partial charge in [0.25, 0.3) is 5.91 Å². The van der Waals surface area contributed by atoms with Crippen molar-refractivity contribution in [1.82, 2.24) is 5.32 Å². The number of hydrogen-bond donors (Lipinski definition) is 7. The molecule has 21 heavy (non-hydrogen) atoms. The molecule has 0 aromatic carbocycles. The molecular formula is C12H23NO8. The fraction of sp³-hybridized carbons (Fsp3) is 0.833. The minimum absolute atomic E-state index is 0.155. The van der Waals surface area contributed by atoms with Crippen molar-refractivity contribution >= 4 is 11.9 Å². The first kappa shape index (κ1) is 19.7. The van der Waals surface area contributed by atoms with Crippen LogP contribution in [0.15, 0.2) is 0 Å². The molecule has 1 amide bonds. The quantitative estimate of drug-likeness (QED) is 0.227. The summed E-state index contributed by atoms with van der Waals surface area (Å²) in [6.07, 6.45) is -6.47. The van der Waals surface area contributed by atoms with Gasteiger partial charge in [-0.15, -0.1) is 0 Å². The van der Waals surface area contributed by atoms with Crippen LogP contribution in [0.25, 0.3) is 0 Å². The van der Waals surface area contributed by atoms with Gasteiger partial charge in [0, 0.05) is 0 Å². The predicted octanol–water partition coefficient (Wildman–Crippen LogP) is -2.82. The summed E-state index contributed by atoms with van der Waals surface area (Å²) in [4.78, 5) is 22.6. The van der Waals surface area contributed by atoms with E-state index in [-0.39, 0.29) is 6.42 Å². The van der Waals surface area contributed by atoms with E-state index in [2.05, 4.69) is 0 Å². The van der Waals surface area contributed by atoms with Gasteiger partial charge in [0.2, 0.25) is 0 Å². The van der Waals surface area contributed by atoms with Gasteiger partial charge in [-0.3, -0.25) is 4.79 Å². The lowest BCUT2D eigenvalue weighted by atomic mass is 10.0. The summed E-state index contributed by atoms with van der Waals surface area (Å²) >= 11 is 0. The number of rotatable bonds is 10. The van der Waals surface area contributed by atoms with Crippen LogP contribution in [0.1, 0.15) is 26.2 Å². The summed E-state index contributed by atoms with van der Waals surface area (Å²) in [6.45, 7) is 0.965. The molecule has 0 aromatic rings. The van der Waals surface area contributed by atoms with E-state index in [1.165, 1.54) is 0 Å². The summed E-state index contributed by atoms with van der Waals surface area (Å²) in [7, 11) is 0. The topological polar surface area (TPSA) is 168 Å². The van der Waals surface area contributed by atoms with E-state index in [0.717, 1.165) is 0 Å². The number of aliphatic carboxylic acids is 1. The van der Waals surface area contributed by atoms with Gasteiger partial charge in [-0.05, 0) is 6.42 Å². The van der Waals surface area contributed by atoms with Crippen LogP contribution in [0.2, 0.25) is 0 Å². The molecule has 0 rings (SSSR count). The molecule has 9 nitrogen and oxygen atoms in total. The van der Waals surface area contributed by atoms with E-state index in [4.69, 9.17) is 15.3 Å². The van der Waals surface area contributed by atoms with Crippen LogP contribution in [-0.4, -0.2) is 79.6 Å². The van der Waals surface area contributed by atoms with Crippen molar-refractivity contribution in [3.8, 4) is 0 Å². The Morgan fingerprint density at radius 2 is 1.67 bits per heavy atom. The molecule has 0 saturated heterocycles. The Kier molecular flexibility index (Phi) is 9.06. The number of carbonyl (C=O) groups excluding carboxylic acids is 1. The van der Waals surface area contributed by atoms with Crippen molar-refractivity contribution < 1.29 is 40.2 Å². The van der Waals surface area contributed by atoms with Gasteiger partial charge in [0.1, 0.15) is 24.4 Å². The zero-order valence-corrected chi connectivity index (χ0v) is 11.7. The van der Waals surface area contributed by atoms with E-state index in [1.807, 2.05) is 12.2 Å². The number of aliphatic hydroxyl groups excluding tert-OH is 5. The third-order valence-electron chi connectivity index (χ3n) is 2.98. The summed E-state index contributed by atoms with van der Waals surface area (Å²) in [6, 6.07) is -1.22. The predicted molar refractivity (Wildman–Crippen MR) is 70.2 cm³/mol. The van der Waals surface area contributed by atoms with E-state index in [1.54, 1.807) is 0 Å². The average molecular weight is 309 g/mol. The zero-order valence-electron chi connectivity index (χ0n) is 11.7. The van der Waals surface area contributed by atoms with Crippen molar-refractivity contribution in [3.63, 3.8) is 0 Å².